The molecule has 5 heteroatoms. The van der Waals surface area contributed by atoms with Crippen LogP contribution in [0.4, 0.5) is 5.69 Å². The molecule has 0 heterocycles. The lowest BCUT2D eigenvalue weighted by Crippen LogP contribution is -2.32. The molecule has 118 valence electrons. The van der Waals surface area contributed by atoms with Crippen molar-refractivity contribution in [1.82, 2.24) is 5.32 Å². The SMILES string of the molecule is CCOc1ccccc1NC(=S)NC(=O)/C=C/c1ccccc1. The summed E-state index contributed by atoms with van der Waals surface area (Å²) in [7, 11) is 0. The number of carbonyl (C=O) groups excluding carboxylic acids is 1. The fourth-order valence-electron chi connectivity index (χ4n) is 1.89. The number of anilines is 1. The van der Waals surface area contributed by atoms with Crippen LogP contribution in [0, 0.1) is 0 Å². The van der Waals surface area contributed by atoms with Crippen molar-refractivity contribution >= 4 is 35.0 Å². The molecule has 0 radical (unpaired) electrons. The average Bonchev–Trinajstić information content (AvgIpc) is 2.56. The second-order valence-corrected chi connectivity index (χ2v) is 5.02. The molecule has 0 saturated heterocycles. The molecule has 2 N–H and O–H groups in total. The zero-order valence-electron chi connectivity index (χ0n) is 12.8. The standard InChI is InChI=1S/C18H18N2O2S/c1-2-22-16-11-7-6-10-15(16)19-18(23)20-17(21)13-12-14-8-4-3-5-9-14/h3-13H,2H2,1H3,(H2,19,20,21,23)/b13-12+. The van der Waals surface area contributed by atoms with Crippen LogP contribution in [0.1, 0.15) is 12.5 Å². The van der Waals surface area contributed by atoms with Gasteiger partial charge in [0.1, 0.15) is 5.75 Å². The molecular weight excluding hydrogens is 308 g/mol. The lowest BCUT2D eigenvalue weighted by molar-refractivity contribution is -0.115. The Balaban J connectivity index is 1.92. The van der Waals surface area contributed by atoms with E-state index in [9.17, 15) is 4.79 Å². The number of nitrogens with one attached hydrogen (secondary N) is 2. The van der Waals surface area contributed by atoms with Gasteiger partial charge in [0, 0.05) is 6.08 Å². The van der Waals surface area contributed by atoms with Gasteiger partial charge in [-0.25, -0.2) is 0 Å². The van der Waals surface area contributed by atoms with Crippen molar-refractivity contribution in [3.05, 3.63) is 66.2 Å². The lowest BCUT2D eigenvalue weighted by Gasteiger charge is -2.12. The fraction of sp³-hybridized carbons (Fsp3) is 0.111. The summed E-state index contributed by atoms with van der Waals surface area (Å²) in [5, 5.41) is 5.79. The van der Waals surface area contributed by atoms with E-state index in [2.05, 4.69) is 10.6 Å². The van der Waals surface area contributed by atoms with Crippen LogP contribution in [0.5, 0.6) is 5.75 Å². The van der Waals surface area contributed by atoms with Crippen molar-refractivity contribution in [3.63, 3.8) is 0 Å². The van der Waals surface area contributed by atoms with Crippen LogP contribution in [0.25, 0.3) is 6.08 Å². The van der Waals surface area contributed by atoms with Crippen LogP contribution in [-0.4, -0.2) is 17.6 Å². The topological polar surface area (TPSA) is 50.4 Å². The number of hydrogen-bond acceptors (Lipinski definition) is 3. The Morgan fingerprint density at radius 2 is 1.83 bits per heavy atom. The number of para-hydroxylation sites is 2. The highest BCUT2D eigenvalue weighted by Crippen LogP contribution is 2.23. The van der Waals surface area contributed by atoms with Gasteiger partial charge in [0.25, 0.3) is 0 Å². The molecule has 0 aliphatic rings. The molecule has 0 aliphatic carbocycles. The maximum absolute atomic E-state index is 11.9. The minimum absolute atomic E-state index is 0.222. The first-order valence-electron chi connectivity index (χ1n) is 7.26. The smallest absolute Gasteiger partial charge is 0.250 e. The maximum Gasteiger partial charge on any atom is 0.250 e. The van der Waals surface area contributed by atoms with Gasteiger partial charge in [-0.2, -0.15) is 0 Å². The molecule has 0 unspecified atom stereocenters. The highest BCUT2D eigenvalue weighted by atomic mass is 32.1. The van der Waals surface area contributed by atoms with Gasteiger partial charge in [-0.1, -0.05) is 42.5 Å². The van der Waals surface area contributed by atoms with Gasteiger partial charge in [-0.05, 0) is 42.9 Å². The van der Waals surface area contributed by atoms with E-state index in [1.54, 1.807) is 6.08 Å². The second-order valence-electron chi connectivity index (χ2n) is 4.62. The van der Waals surface area contributed by atoms with E-state index in [0.29, 0.717) is 18.0 Å². The van der Waals surface area contributed by atoms with Crippen molar-refractivity contribution in [3.8, 4) is 5.75 Å². The molecule has 2 aromatic rings. The predicted molar refractivity (Wildman–Crippen MR) is 97.5 cm³/mol. The van der Waals surface area contributed by atoms with Crippen molar-refractivity contribution in [2.24, 2.45) is 0 Å². The van der Waals surface area contributed by atoms with E-state index in [1.165, 1.54) is 6.08 Å². The van der Waals surface area contributed by atoms with E-state index in [1.807, 2.05) is 61.5 Å². The van der Waals surface area contributed by atoms with Gasteiger partial charge < -0.3 is 10.1 Å². The number of rotatable bonds is 5. The first kappa shape index (κ1) is 16.7. The Morgan fingerprint density at radius 3 is 2.57 bits per heavy atom. The van der Waals surface area contributed by atoms with E-state index in [-0.39, 0.29) is 11.0 Å². The van der Waals surface area contributed by atoms with E-state index in [0.717, 1.165) is 5.56 Å². The Hall–Kier alpha value is -2.66. The van der Waals surface area contributed by atoms with Gasteiger partial charge in [-0.3, -0.25) is 10.1 Å². The first-order chi connectivity index (χ1) is 11.2. The molecule has 0 saturated carbocycles. The number of benzene rings is 2. The molecule has 0 spiro atoms. The van der Waals surface area contributed by atoms with Crippen LogP contribution in [0.15, 0.2) is 60.7 Å². The highest BCUT2D eigenvalue weighted by molar-refractivity contribution is 7.80. The van der Waals surface area contributed by atoms with Crippen LogP contribution >= 0.6 is 12.2 Å². The third-order valence-electron chi connectivity index (χ3n) is 2.90. The molecule has 0 aromatic heterocycles. The molecular formula is C18H18N2O2S. The molecule has 0 fully saturated rings. The first-order valence-corrected chi connectivity index (χ1v) is 7.67. The summed E-state index contributed by atoms with van der Waals surface area (Å²) in [6, 6.07) is 17.0. The third kappa shape index (κ3) is 5.56. The van der Waals surface area contributed by atoms with E-state index >= 15 is 0 Å². The summed E-state index contributed by atoms with van der Waals surface area (Å²) >= 11 is 5.15. The summed E-state index contributed by atoms with van der Waals surface area (Å²) in [6.45, 7) is 2.46. The van der Waals surface area contributed by atoms with Crippen LogP contribution in [0.2, 0.25) is 0 Å². The largest absolute Gasteiger partial charge is 0.492 e. The Bertz CT molecular complexity index is 699. The Labute approximate surface area is 141 Å². The van der Waals surface area contributed by atoms with Crippen LogP contribution in [0.3, 0.4) is 0 Å². The summed E-state index contributed by atoms with van der Waals surface area (Å²) < 4.78 is 5.50. The number of hydrogen-bond donors (Lipinski definition) is 2. The minimum Gasteiger partial charge on any atom is -0.492 e. The molecule has 1 amide bonds. The van der Waals surface area contributed by atoms with Gasteiger partial charge in [-0.15, -0.1) is 0 Å². The van der Waals surface area contributed by atoms with Gasteiger partial charge in [0.15, 0.2) is 5.11 Å². The zero-order chi connectivity index (χ0) is 16.5. The van der Waals surface area contributed by atoms with Gasteiger partial charge in [0.2, 0.25) is 5.91 Å². The number of thiocarbonyl (C=S) groups is 1. The van der Waals surface area contributed by atoms with Crippen molar-refractivity contribution in [1.29, 1.82) is 0 Å². The normalized spacial score (nSPS) is 10.3. The highest BCUT2D eigenvalue weighted by Gasteiger charge is 2.06. The summed E-state index contributed by atoms with van der Waals surface area (Å²) in [5.74, 6) is 0.395. The molecule has 0 aliphatic heterocycles. The number of ether oxygens (including phenoxy) is 1. The number of amides is 1. The van der Waals surface area contributed by atoms with Gasteiger partial charge in [0.05, 0.1) is 12.3 Å². The zero-order valence-corrected chi connectivity index (χ0v) is 13.6. The third-order valence-corrected chi connectivity index (χ3v) is 3.10. The van der Waals surface area contributed by atoms with Crippen LogP contribution < -0.4 is 15.4 Å². The van der Waals surface area contributed by atoms with Crippen LogP contribution in [-0.2, 0) is 4.79 Å². The lowest BCUT2D eigenvalue weighted by atomic mass is 10.2. The van der Waals surface area contributed by atoms with E-state index < -0.39 is 0 Å². The fourth-order valence-corrected chi connectivity index (χ4v) is 2.11. The average molecular weight is 326 g/mol. The molecule has 2 rings (SSSR count). The summed E-state index contributed by atoms with van der Waals surface area (Å²) in [6.07, 6.45) is 3.17. The predicted octanol–water partition coefficient (Wildman–Crippen LogP) is 3.61. The molecule has 23 heavy (non-hydrogen) atoms. The molecule has 0 bridgehead atoms. The van der Waals surface area contributed by atoms with Crippen molar-refractivity contribution < 1.29 is 9.53 Å². The molecule has 2 aromatic carbocycles. The van der Waals surface area contributed by atoms with Gasteiger partial charge >= 0.3 is 0 Å². The maximum atomic E-state index is 11.9. The Morgan fingerprint density at radius 1 is 1.13 bits per heavy atom. The minimum atomic E-state index is -0.291. The number of carbonyl (C=O) groups is 1. The van der Waals surface area contributed by atoms with Crippen molar-refractivity contribution in [2.75, 3.05) is 11.9 Å². The summed E-state index contributed by atoms with van der Waals surface area (Å²) in [5.41, 5.74) is 1.66. The quantitative estimate of drug-likeness (QED) is 0.651. The molecule has 0 atom stereocenters. The monoisotopic (exact) mass is 326 g/mol. The van der Waals surface area contributed by atoms with E-state index in [4.69, 9.17) is 17.0 Å². The van der Waals surface area contributed by atoms with Crippen molar-refractivity contribution in [2.45, 2.75) is 6.92 Å². The second kappa shape index (κ2) is 8.70. The summed E-state index contributed by atoms with van der Waals surface area (Å²) in [4.78, 5) is 11.9. The Kier molecular flexibility index (Phi) is 6.32. The molecule has 4 nitrogen and oxygen atoms in total.